The van der Waals surface area contributed by atoms with Crippen molar-refractivity contribution in [2.24, 2.45) is 0 Å². The SMILES string of the molecule is CCCCCCc1cc(CBr)on1. The second kappa shape index (κ2) is 6.19. The van der Waals surface area contributed by atoms with Gasteiger partial charge >= 0.3 is 0 Å². The average Bonchev–Trinajstić information content (AvgIpc) is 2.60. The van der Waals surface area contributed by atoms with E-state index < -0.39 is 0 Å². The van der Waals surface area contributed by atoms with Crippen molar-refractivity contribution < 1.29 is 4.52 Å². The minimum absolute atomic E-state index is 0.759. The predicted octanol–water partition coefficient (Wildman–Crippen LogP) is 3.69. The normalized spacial score (nSPS) is 10.6. The molecule has 2 nitrogen and oxygen atoms in total. The third-order valence-electron chi connectivity index (χ3n) is 2.03. The molecule has 0 spiro atoms. The van der Waals surface area contributed by atoms with Crippen molar-refractivity contribution in [3.05, 3.63) is 17.5 Å². The van der Waals surface area contributed by atoms with Crippen LogP contribution in [-0.2, 0) is 11.8 Å². The molecule has 3 heteroatoms. The zero-order valence-corrected chi connectivity index (χ0v) is 9.64. The van der Waals surface area contributed by atoms with Crippen molar-refractivity contribution in [3.63, 3.8) is 0 Å². The molecule has 0 amide bonds. The van der Waals surface area contributed by atoms with Crippen LogP contribution in [0.25, 0.3) is 0 Å². The lowest BCUT2D eigenvalue weighted by Gasteiger charge is -1.94. The van der Waals surface area contributed by atoms with Crippen LogP contribution in [0, 0.1) is 0 Å². The summed E-state index contributed by atoms with van der Waals surface area (Å²) in [5, 5.41) is 4.74. The highest BCUT2D eigenvalue weighted by Crippen LogP contribution is 2.11. The maximum Gasteiger partial charge on any atom is 0.147 e. The third kappa shape index (κ3) is 3.94. The Morgan fingerprint density at radius 2 is 2.23 bits per heavy atom. The van der Waals surface area contributed by atoms with Crippen LogP contribution in [0.2, 0.25) is 0 Å². The van der Waals surface area contributed by atoms with Crippen molar-refractivity contribution in [1.82, 2.24) is 5.16 Å². The number of rotatable bonds is 6. The molecule has 0 unspecified atom stereocenters. The highest BCUT2D eigenvalue weighted by atomic mass is 79.9. The van der Waals surface area contributed by atoms with E-state index >= 15 is 0 Å². The predicted molar refractivity (Wildman–Crippen MR) is 57.0 cm³/mol. The first kappa shape index (κ1) is 10.8. The lowest BCUT2D eigenvalue weighted by molar-refractivity contribution is 0.388. The van der Waals surface area contributed by atoms with Gasteiger partial charge in [0.05, 0.1) is 11.0 Å². The molecule has 0 radical (unpaired) electrons. The van der Waals surface area contributed by atoms with Crippen LogP contribution in [0.4, 0.5) is 0 Å². The van der Waals surface area contributed by atoms with Gasteiger partial charge in [-0.2, -0.15) is 0 Å². The summed E-state index contributed by atoms with van der Waals surface area (Å²) in [5.74, 6) is 0.922. The first-order valence-corrected chi connectivity index (χ1v) is 5.99. The molecular formula is C10H16BrNO. The molecule has 0 saturated heterocycles. The van der Waals surface area contributed by atoms with E-state index in [9.17, 15) is 0 Å². The molecule has 1 heterocycles. The van der Waals surface area contributed by atoms with E-state index in [0.29, 0.717) is 0 Å². The van der Waals surface area contributed by atoms with Gasteiger partial charge in [-0.15, -0.1) is 0 Å². The van der Waals surface area contributed by atoms with Gasteiger partial charge in [0.25, 0.3) is 0 Å². The van der Waals surface area contributed by atoms with Crippen LogP contribution in [0.15, 0.2) is 10.6 Å². The second-order valence-corrected chi connectivity index (χ2v) is 3.79. The van der Waals surface area contributed by atoms with Gasteiger partial charge in [0.2, 0.25) is 0 Å². The minimum Gasteiger partial charge on any atom is -0.360 e. The number of aryl methyl sites for hydroxylation is 1. The fourth-order valence-corrected chi connectivity index (χ4v) is 1.53. The highest BCUT2D eigenvalue weighted by Gasteiger charge is 2.01. The summed E-state index contributed by atoms with van der Waals surface area (Å²) < 4.78 is 5.07. The minimum atomic E-state index is 0.759. The van der Waals surface area contributed by atoms with Crippen LogP contribution in [0.3, 0.4) is 0 Å². The molecule has 1 aromatic heterocycles. The fourth-order valence-electron chi connectivity index (χ4n) is 1.27. The monoisotopic (exact) mass is 245 g/mol. The molecule has 1 aromatic rings. The molecule has 0 N–H and O–H groups in total. The lowest BCUT2D eigenvalue weighted by atomic mass is 10.1. The van der Waals surface area contributed by atoms with Crippen LogP contribution in [0.1, 0.15) is 44.1 Å². The van der Waals surface area contributed by atoms with E-state index in [1.165, 1.54) is 25.7 Å². The van der Waals surface area contributed by atoms with E-state index in [-0.39, 0.29) is 0 Å². The molecule has 0 saturated carbocycles. The number of hydrogen-bond acceptors (Lipinski definition) is 2. The summed E-state index contributed by atoms with van der Waals surface area (Å²) in [6, 6.07) is 2.03. The largest absolute Gasteiger partial charge is 0.360 e. The quantitative estimate of drug-likeness (QED) is 0.565. The van der Waals surface area contributed by atoms with Crippen LogP contribution in [0.5, 0.6) is 0 Å². The zero-order valence-electron chi connectivity index (χ0n) is 8.05. The standard InChI is InChI=1S/C10H16BrNO/c1-2-3-4-5-6-9-7-10(8-11)13-12-9/h7H,2-6,8H2,1H3. The summed E-state index contributed by atoms with van der Waals surface area (Å²) >= 11 is 3.33. The van der Waals surface area contributed by atoms with Crippen LogP contribution in [-0.4, -0.2) is 5.16 Å². The van der Waals surface area contributed by atoms with Gasteiger partial charge in [-0.1, -0.05) is 47.3 Å². The molecule has 0 aliphatic carbocycles. The fraction of sp³-hybridized carbons (Fsp3) is 0.700. The number of halogens is 1. The summed E-state index contributed by atoms with van der Waals surface area (Å²) in [5.41, 5.74) is 1.09. The zero-order chi connectivity index (χ0) is 9.52. The van der Waals surface area contributed by atoms with Crippen molar-refractivity contribution in [3.8, 4) is 0 Å². The maximum absolute atomic E-state index is 5.07. The molecule has 0 aromatic carbocycles. The van der Waals surface area contributed by atoms with E-state index in [2.05, 4.69) is 28.0 Å². The Hall–Kier alpha value is -0.310. The third-order valence-corrected chi connectivity index (χ3v) is 2.58. The Labute approximate surface area is 87.8 Å². The van der Waals surface area contributed by atoms with Crippen LogP contribution >= 0.6 is 15.9 Å². The van der Waals surface area contributed by atoms with Crippen molar-refractivity contribution in [1.29, 1.82) is 0 Å². The average molecular weight is 246 g/mol. The summed E-state index contributed by atoms with van der Waals surface area (Å²) in [4.78, 5) is 0. The Bertz CT molecular complexity index is 235. The first-order chi connectivity index (χ1) is 6.36. The Morgan fingerprint density at radius 1 is 1.38 bits per heavy atom. The summed E-state index contributed by atoms with van der Waals surface area (Å²) in [6.45, 7) is 2.22. The van der Waals surface area contributed by atoms with Gasteiger partial charge in [-0.3, -0.25) is 0 Å². The van der Waals surface area contributed by atoms with Gasteiger partial charge in [0, 0.05) is 6.07 Å². The Kier molecular flexibility index (Phi) is 5.13. The molecule has 74 valence electrons. The van der Waals surface area contributed by atoms with Crippen molar-refractivity contribution in [2.75, 3.05) is 0 Å². The summed E-state index contributed by atoms with van der Waals surface area (Å²) in [6.07, 6.45) is 6.18. The van der Waals surface area contributed by atoms with Crippen molar-refractivity contribution in [2.45, 2.75) is 44.4 Å². The Morgan fingerprint density at radius 3 is 2.85 bits per heavy atom. The smallest absolute Gasteiger partial charge is 0.147 e. The first-order valence-electron chi connectivity index (χ1n) is 4.87. The molecule has 1 rings (SSSR count). The highest BCUT2D eigenvalue weighted by molar-refractivity contribution is 9.08. The number of aromatic nitrogens is 1. The number of hydrogen-bond donors (Lipinski definition) is 0. The molecule has 0 aliphatic rings. The van der Waals surface area contributed by atoms with E-state index in [1.807, 2.05) is 6.07 Å². The van der Waals surface area contributed by atoms with Gasteiger partial charge in [0.15, 0.2) is 0 Å². The molecule has 0 fully saturated rings. The number of alkyl halides is 1. The maximum atomic E-state index is 5.07. The van der Waals surface area contributed by atoms with Gasteiger partial charge < -0.3 is 4.52 Å². The molecule has 0 bridgehead atoms. The molecule has 13 heavy (non-hydrogen) atoms. The van der Waals surface area contributed by atoms with E-state index in [4.69, 9.17) is 4.52 Å². The molecular weight excluding hydrogens is 230 g/mol. The summed E-state index contributed by atoms with van der Waals surface area (Å²) in [7, 11) is 0. The van der Waals surface area contributed by atoms with E-state index in [0.717, 1.165) is 23.2 Å². The van der Waals surface area contributed by atoms with E-state index in [1.54, 1.807) is 0 Å². The second-order valence-electron chi connectivity index (χ2n) is 3.23. The lowest BCUT2D eigenvalue weighted by Crippen LogP contribution is -1.84. The molecule has 0 aliphatic heterocycles. The topological polar surface area (TPSA) is 26.0 Å². The van der Waals surface area contributed by atoms with Crippen molar-refractivity contribution >= 4 is 15.9 Å². The Balaban J connectivity index is 2.20. The molecule has 0 atom stereocenters. The van der Waals surface area contributed by atoms with Gasteiger partial charge in [0.1, 0.15) is 5.76 Å². The van der Waals surface area contributed by atoms with Crippen LogP contribution < -0.4 is 0 Å². The van der Waals surface area contributed by atoms with Gasteiger partial charge in [-0.25, -0.2) is 0 Å². The van der Waals surface area contributed by atoms with Gasteiger partial charge in [-0.05, 0) is 12.8 Å². The number of unbranched alkanes of at least 4 members (excludes halogenated alkanes) is 3. The number of nitrogens with zero attached hydrogens (tertiary/aromatic N) is 1.